The minimum absolute atomic E-state index is 0.0343. The molecule has 0 spiro atoms. The molecule has 9 rings (SSSR count). The lowest BCUT2D eigenvalue weighted by Crippen LogP contribution is -2.54. The number of carbonyl (C=O) groups excluding carboxylic acids is 6. The van der Waals surface area contributed by atoms with Gasteiger partial charge in [0.15, 0.2) is 5.82 Å². The molecule has 3 fully saturated rings. The van der Waals surface area contributed by atoms with E-state index in [1.54, 1.807) is 23.1 Å². The van der Waals surface area contributed by atoms with Crippen LogP contribution in [0, 0.1) is 11.6 Å². The van der Waals surface area contributed by atoms with Crippen molar-refractivity contribution in [3.63, 3.8) is 0 Å². The smallest absolute Gasteiger partial charge is 0.262 e. The summed E-state index contributed by atoms with van der Waals surface area (Å²) in [5, 5.41) is 19.9. The number of carbonyl (C=O) groups is 6. The van der Waals surface area contributed by atoms with Crippen LogP contribution in [-0.2, 0) is 25.5 Å². The second kappa shape index (κ2) is 17.9. The van der Waals surface area contributed by atoms with Crippen molar-refractivity contribution in [2.45, 2.75) is 50.6 Å². The number of piperazine rings is 1. The van der Waals surface area contributed by atoms with Crippen LogP contribution in [0.3, 0.4) is 0 Å². The Morgan fingerprint density at radius 3 is 2.34 bits per heavy atom. The van der Waals surface area contributed by atoms with Crippen LogP contribution in [0.5, 0.6) is 0 Å². The first-order valence-electron chi connectivity index (χ1n) is 21.3. The number of anilines is 4. The van der Waals surface area contributed by atoms with E-state index in [-0.39, 0.29) is 61.2 Å². The third-order valence-electron chi connectivity index (χ3n) is 12.1. The van der Waals surface area contributed by atoms with Gasteiger partial charge in [0.1, 0.15) is 17.7 Å². The number of H-pyrrole nitrogens is 1. The number of hydrogen-bond acceptors (Lipinski definition) is 11. The Bertz CT molecular complexity index is 2670. The molecular weight excluding hydrogens is 829 g/mol. The Morgan fingerprint density at radius 1 is 0.812 bits per heavy atom. The van der Waals surface area contributed by atoms with Crippen molar-refractivity contribution >= 4 is 69.2 Å². The van der Waals surface area contributed by atoms with E-state index in [1.165, 1.54) is 18.2 Å². The van der Waals surface area contributed by atoms with Gasteiger partial charge in [-0.05, 0) is 97.5 Å². The largest absolute Gasteiger partial charge is 0.385 e. The summed E-state index contributed by atoms with van der Waals surface area (Å²) in [7, 11) is 0. The summed E-state index contributed by atoms with van der Waals surface area (Å²) in [6.07, 6.45) is 2.12. The molecular formula is C46H45F2N9O7. The van der Waals surface area contributed by atoms with Crippen molar-refractivity contribution in [2.75, 3.05) is 66.8 Å². The fraction of sp³-hybridized carbons (Fsp3) is 0.326. The van der Waals surface area contributed by atoms with Gasteiger partial charge in [0, 0.05) is 93.3 Å². The van der Waals surface area contributed by atoms with Gasteiger partial charge >= 0.3 is 0 Å². The number of benzene rings is 4. The average Bonchev–Trinajstić information content (AvgIpc) is 3.79. The predicted octanol–water partition coefficient (Wildman–Crippen LogP) is 4.83. The summed E-state index contributed by atoms with van der Waals surface area (Å²) in [6.45, 7) is 3.59. The maximum Gasteiger partial charge on any atom is 0.262 e. The molecule has 0 radical (unpaired) electrons. The van der Waals surface area contributed by atoms with E-state index in [4.69, 9.17) is 4.74 Å². The molecule has 16 nitrogen and oxygen atoms in total. The SMILES string of the molecule is O=C1CCC(N2C(=O)c3ccc(NCCC(=O)N4CCN(c5ccc(C(=O)Nc6n[nH]c7ccc(Cc8cc(F)cc(F)c8)cc67)c(NC6CCOCC6)c5)CC4)cc3C2=O)C(=O)N1. The van der Waals surface area contributed by atoms with Crippen LogP contribution in [-0.4, -0.2) is 113 Å². The van der Waals surface area contributed by atoms with Gasteiger partial charge in [-0.2, -0.15) is 5.10 Å². The highest BCUT2D eigenvalue weighted by Crippen LogP contribution is 2.32. The number of imide groups is 2. The van der Waals surface area contributed by atoms with Crippen LogP contribution in [0.1, 0.15) is 74.3 Å². The van der Waals surface area contributed by atoms with Gasteiger partial charge in [-0.15, -0.1) is 0 Å². The lowest BCUT2D eigenvalue weighted by Gasteiger charge is -2.36. The van der Waals surface area contributed by atoms with Crippen molar-refractivity contribution in [2.24, 2.45) is 0 Å². The number of fused-ring (bicyclic) bond motifs is 2. The number of aromatic nitrogens is 2. The lowest BCUT2D eigenvalue weighted by atomic mass is 10.0. The number of ether oxygens (including phenoxy) is 1. The first-order valence-corrected chi connectivity index (χ1v) is 21.3. The molecule has 5 N–H and O–H groups in total. The van der Waals surface area contributed by atoms with E-state index in [0.717, 1.165) is 35.1 Å². The van der Waals surface area contributed by atoms with Crippen LogP contribution in [0.25, 0.3) is 10.9 Å². The molecule has 1 unspecified atom stereocenters. The molecule has 18 heteroatoms. The number of halogens is 2. The first-order chi connectivity index (χ1) is 31.0. The van der Waals surface area contributed by atoms with Crippen LogP contribution >= 0.6 is 0 Å². The maximum absolute atomic E-state index is 14.0. The van der Waals surface area contributed by atoms with Crippen LogP contribution < -0.4 is 26.2 Å². The Hall–Kier alpha value is -7.21. The monoisotopic (exact) mass is 873 g/mol. The summed E-state index contributed by atoms with van der Waals surface area (Å²) in [4.78, 5) is 82.5. The highest BCUT2D eigenvalue weighted by Gasteiger charge is 2.44. The van der Waals surface area contributed by atoms with Gasteiger partial charge < -0.3 is 30.5 Å². The van der Waals surface area contributed by atoms with E-state index >= 15 is 0 Å². The van der Waals surface area contributed by atoms with E-state index in [1.807, 2.05) is 30.3 Å². The van der Waals surface area contributed by atoms with E-state index in [2.05, 4.69) is 36.4 Å². The third kappa shape index (κ3) is 8.86. The summed E-state index contributed by atoms with van der Waals surface area (Å²) in [5.74, 6) is -3.69. The minimum atomic E-state index is -1.05. The highest BCUT2D eigenvalue weighted by atomic mass is 19.1. The lowest BCUT2D eigenvalue weighted by molar-refractivity contribution is -0.136. The Labute approximate surface area is 365 Å². The molecule has 4 aliphatic heterocycles. The fourth-order valence-corrected chi connectivity index (χ4v) is 8.77. The van der Waals surface area contributed by atoms with Crippen molar-refractivity contribution in [3.8, 4) is 0 Å². The van der Waals surface area contributed by atoms with E-state index in [9.17, 15) is 37.5 Å². The first kappa shape index (κ1) is 42.1. The summed E-state index contributed by atoms with van der Waals surface area (Å²) in [5.41, 5.74) is 4.80. The number of nitrogens with zero attached hydrogens (tertiary/aromatic N) is 4. The fourth-order valence-electron chi connectivity index (χ4n) is 8.77. The maximum atomic E-state index is 14.0. The summed E-state index contributed by atoms with van der Waals surface area (Å²) < 4.78 is 33.3. The zero-order valence-electron chi connectivity index (χ0n) is 34.7. The topological polar surface area (TPSA) is 198 Å². The standard InChI is InChI=1S/C46H45F2N9O7/c47-28-20-27(21-29(48)23-28)19-26-1-6-37-36(22-26)42(54-53-37)52-43(60)34-5-3-32(25-38(34)50-30-10-17-64-18-11-30)55-13-15-56(16-14-55)41(59)9-12-49-31-2-4-33-35(24-31)46(63)57(45(33)62)39-7-8-40(58)51-44(39)61/h1-6,20-25,30,39,49-50H,7-19H2,(H,51,58,61)(H2,52,53,54,60). The number of piperidine rings is 1. The normalized spacial score (nSPS) is 18.0. The molecule has 0 saturated carbocycles. The zero-order valence-corrected chi connectivity index (χ0v) is 34.7. The molecule has 4 aliphatic rings. The van der Waals surface area contributed by atoms with Crippen molar-refractivity contribution in [3.05, 3.63) is 112 Å². The zero-order chi connectivity index (χ0) is 44.5. The number of nitrogens with one attached hydrogen (secondary N) is 5. The molecule has 1 atom stereocenters. The van der Waals surface area contributed by atoms with Crippen molar-refractivity contribution in [1.29, 1.82) is 0 Å². The van der Waals surface area contributed by atoms with Gasteiger partial charge in [-0.25, -0.2) is 8.78 Å². The second-order valence-corrected chi connectivity index (χ2v) is 16.4. The molecule has 6 amide bonds. The van der Waals surface area contributed by atoms with Gasteiger partial charge in [-0.1, -0.05) is 6.07 Å². The molecule has 0 bridgehead atoms. The van der Waals surface area contributed by atoms with Gasteiger partial charge in [0.25, 0.3) is 17.7 Å². The second-order valence-electron chi connectivity index (χ2n) is 16.4. The third-order valence-corrected chi connectivity index (χ3v) is 12.1. The average molecular weight is 874 g/mol. The van der Waals surface area contributed by atoms with Crippen LogP contribution in [0.15, 0.2) is 72.8 Å². The Kier molecular flexibility index (Phi) is 11.8. The van der Waals surface area contributed by atoms with Crippen LogP contribution in [0.4, 0.5) is 31.7 Å². The van der Waals surface area contributed by atoms with Gasteiger partial charge in [-0.3, -0.25) is 44.1 Å². The molecule has 3 saturated heterocycles. The Morgan fingerprint density at radius 2 is 1.58 bits per heavy atom. The predicted molar refractivity (Wildman–Crippen MR) is 232 cm³/mol. The molecule has 4 aromatic carbocycles. The van der Waals surface area contributed by atoms with E-state index in [0.29, 0.717) is 78.6 Å². The van der Waals surface area contributed by atoms with Crippen molar-refractivity contribution < 1.29 is 42.3 Å². The van der Waals surface area contributed by atoms with Crippen LogP contribution in [0.2, 0.25) is 0 Å². The Balaban J connectivity index is 0.818. The molecule has 5 heterocycles. The van der Waals surface area contributed by atoms with E-state index < -0.39 is 41.3 Å². The molecule has 330 valence electrons. The minimum Gasteiger partial charge on any atom is -0.385 e. The van der Waals surface area contributed by atoms with Crippen molar-refractivity contribution in [1.82, 2.24) is 25.3 Å². The van der Waals surface area contributed by atoms with Gasteiger partial charge in [0.05, 0.1) is 22.2 Å². The highest BCUT2D eigenvalue weighted by molar-refractivity contribution is 6.23. The summed E-state index contributed by atoms with van der Waals surface area (Å²) in [6, 6.07) is 18.3. The molecule has 5 aromatic rings. The molecule has 0 aliphatic carbocycles. The summed E-state index contributed by atoms with van der Waals surface area (Å²) >= 11 is 0. The number of amides is 6. The number of aromatic amines is 1. The number of rotatable bonds is 12. The quantitative estimate of drug-likeness (QED) is 0.108. The molecule has 64 heavy (non-hydrogen) atoms. The molecule has 1 aromatic heterocycles. The van der Waals surface area contributed by atoms with Gasteiger partial charge in [0.2, 0.25) is 17.7 Å². The number of hydrogen-bond donors (Lipinski definition) is 5.